The first-order valence-electron chi connectivity index (χ1n) is 16.9. The van der Waals surface area contributed by atoms with Crippen molar-refractivity contribution in [3.63, 3.8) is 0 Å². The van der Waals surface area contributed by atoms with Gasteiger partial charge in [-0.3, -0.25) is 14.6 Å². The molecule has 1 aliphatic heterocycles. The van der Waals surface area contributed by atoms with Crippen molar-refractivity contribution in [3.8, 4) is 45.3 Å². The molecule has 0 saturated carbocycles. The number of nitrogens with zero attached hydrogens (tertiary/aromatic N) is 7. The lowest BCUT2D eigenvalue weighted by Gasteiger charge is -2.39. The minimum atomic E-state index is -0.694. The summed E-state index contributed by atoms with van der Waals surface area (Å²) in [4.78, 5) is 53.9. The molecule has 4 aromatic heterocycles. The number of amides is 2. The lowest BCUT2D eigenvalue weighted by molar-refractivity contribution is -0.130. The molecule has 276 valence electrons. The summed E-state index contributed by atoms with van der Waals surface area (Å²) in [5.74, 6) is 0.756. The summed E-state index contributed by atoms with van der Waals surface area (Å²) >= 11 is 14.2. The van der Waals surface area contributed by atoms with Crippen LogP contribution in [-0.4, -0.2) is 91.6 Å². The highest BCUT2D eigenvalue weighted by Crippen LogP contribution is 2.42. The number of piperidine rings is 1. The lowest BCUT2D eigenvalue weighted by Crippen LogP contribution is -2.49. The number of carbonyl (C=O) groups excluding carboxylic acids is 3. The molecule has 1 aliphatic rings. The van der Waals surface area contributed by atoms with E-state index in [1.54, 1.807) is 41.2 Å². The monoisotopic (exact) mass is 759 g/mol. The molecule has 5 heterocycles. The smallest absolute Gasteiger partial charge is 0.410 e. The molecule has 0 bridgehead atoms. The van der Waals surface area contributed by atoms with E-state index in [1.165, 1.54) is 18.7 Å². The van der Waals surface area contributed by atoms with Gasteiger partial charge in [-0.1, -0.05) is 41.4 Å². The fraction of sp³-hybridized carbons (Fsp3) is 0.342. The van der Waals surface area contributed by atoms with Gasteiger partial charge in [-0.05, 0) is 57.9 Å². The van der Waals surface area contributed by atoms with Gasteiger partial charge in [-0.15, -0.1) is 5.10 Å². The number of aldehydes is 1. The molecule has 2 amide bonds. The number of carbonyl (C=O) groups is 3. The van der Waals surface area contributed by atoms with Crippen molar-refractivity contribution in [3.05, 3.63) is 76.3 Å². The number of methoxy groups -OCH3 is 2. The minimum absolute atomic E-state index is 0.0157. The Hall–Kier alpha value is -5.27. The van der Waals surface area contributed by atoms with Crippen molar-refractivity contribution in [2.24, 2.45) is 0 Å². The number of hydrogen-bond acceptors (Lipinski definition) is 10. The van der Waals surface area contributed by atoms with Crippen LogP contribution in [-0.2, 0) is 16.1 Å². The molecular formula is C38H39Cl2N7O6. The molecule has 13 nitrogen and oxygen atoms in total. The molecule has 15 heteroatoms. The van der Waals surface area contributed by atoms with Crippen LogP contribution in [0.4, 0.5) is 4.79 Å². The zero-order valence-electron chi connectivity index (χ0n) is 30.2. The van der Waals surface area contributed by atoms with Gasteiger partial charge >= 0.3 is 6.09 Å². The number of fused-ring (bicyclic) bond motifs is 1. The molecular weight excluding hydrogens is 721 g/mol. The molecule has 1 fully saturated rings. The van der Waals surface area contributed by atoms with Gasteiger partial charge in [0.2, 0.25) is 17.6 Å². The first-order valence-corrected chi connectivity index (χ1v) is 17.7. The van der Waals surface area contributed by atoms with Crippen LogP contribution < -0.4 is 9.47 Å². The van der Waals surface area contributed by atoms with Crippen LogP contribution in [0.2, 0.25) is 10.0 Å². The second-order valence-corrected chi connectivity index (χ2v) is 14.3. The van der Waals surface area contributed by atoms with Gasteiger partial charge in [0.15, 0.2) is 17.7 Å². The Kier molecular flexibility index (Phi) is 10.9. The van der Waals surface area contributed by atoms with E-state index in [0.717, 1.165) is 0 Å². The molecule has 0 aliphatic carbocycles. The van der Waals surface area contributed by atoms with Crippen LogP contribution >= 0.6 is 23.2 Å². The highest BCUT2D eigenvalue weighted by atomic mass is 35.5. The zero-order valence-corrected chi connectivity index (χ0v) is 31.7. The maximum absolute atomic E-state index is 13.5. The fourth-order valence-electron chi connectivity index (χ4n) is 6.35. The van der Waals surface area contributed by atoms with Crippen LogP contribution in [0, 0.1) is 0 Å². The average Bonchev–Trinajstić information content (AvgIpc) is 3.57. The number of rotatable bonds is 9. The number of hydrogen-bond donors (Lipinski definition) is 0. The maximum atomic E-state index is 13.5. The number of aromatic nitrogens is 5. The van der Waals surface area contributed by atoms with Crippen LogP contribution in [0.15, 0.2) is 54.9 Å². The molecule has 53 heavy (non-hydrogen) atoms. The van der Waals surface area contributed by atoms with Gasteiger partial charge in [0.1, 0.15) is 5.60 Å². The van der Waals surface area contributed by atoms with Crippen molar-refractivity contribution < 1.29 is 28.6 Å². The Balaban J connectivity index is 1.32. The quantitative estimate of drug-likeness (QED) is 0.140. The van der Waals surface area contributed by atoms with Gasteiger partial charge in [0.05, 0.1) is 42.2 Å². The Morgan fingerprint density at radius 3 is 2.36 bits per heavy atom. The highest BCUT2D eigenvalue weighted by molar-refractivity contribution is 6.39. The number of pyridine rings is 3. The van der Waals surface area contributed by atoms with Crippen molar-refractivity contribution in [2.75, 3.05) is 27.3 Å². The van der Waals surface area contributed by atoms with E-state index >= 15 is 0 Å². The average molecular weight is 761 g/mol. The molecule has 6 rings (SSSR count). The Morgan fingerprint density at radius 2 is 1.70 bits per heavy atom. The van der Waals surface area contributed by atoms with Crippen molar-refractivity contribution >= 4 is 47.1 Å². The predicted molar refractivity (Wildman–Crippen MR) is 200 cm³/mol. The summed E-state index contributed by atoms with van der Waals surface area (Å²) in [6.07, 6.45) is 4.66. The molecule has 0 unspecified atom stereocenters. The third kappa shape index (κ3) is 7.91. The standard InChI is InChI=1S/C38H39Cl2N7O6/c1-22(49)45-16-13-25(14-17-45)46(37(50)53-38(2,3)4)19-23-10-11-29(42-36(23)52-6)28-9-7-8-26(32(28)39)27-12-15-41-34(33(27)40)24-18-30(51-5)35-43-31(21-48)44-47(35)20-24/h7-12,15,18,20-21,25H,13-14,16-17,19H2,1-6H3. The normalized spacial score (nSPS) is 13.5. The van der Waals surface area contributed by atoms with E-state index in [-0.39, 0.29) is 24.3 Å². The molecule has 5 aromatic rings. The SMILES string of the molecule is COc1nc(-c2cccc(-c3ccnc(-c4cc(OC)c5nc(C=O)nn5c4)c3Cl)c2Cl)ccc1CN(C(=O)OC(C)(C)C)C1CCN(C(C)=O)CC1. The van der Waals surface area contributed by atoms with Crippen LogP contribution in [0.1, 0.15) is 56.7 Å². The van der Waals surface area contributed by atoms with Gasteiger partial charge in [-0.25, -0.2) is 19.3 Å². The lowest BCUT2D eigenvalue weighted by atomic mass is 9.99. The van der Waals surface area contributed by atoms with E-state index in [0.29, 0.717) is 98.7 Å². The molecule has 0 radical (unpaired) electrons. The summed E-state index contributed by atoms with van der Waals surface area (Å²) in [7, 11) is 3.03. The highest BCUT2D eigenvalue weighted by Gasteiger charge is 2.33. The number of halogens is 2. The van der Waals surface area contributed by atoms with Gasteiger partial charge < -0.3 is 24.0 Å². The van der Waals surface area contributed by atoms with Crippen LogP contribution in [0.3, 0.4) is 0 Å². The summed E-state index contributed by atoms with van der Waals surface area (Å²) in [6, 6.07) is 12.6. The summed E-state index contributed by atoms with van der Waals surface area (Å²) < 4.78 is 18.5. The topological polar surface area (TPSA) is 141 Å². The second kappa shape index (κ2) is 15.4. The van der Waals surface area contributed by atoms with E-state index in [2.05, 4.69) is 15.1 Å². The van der Waals surface area contributed by atoms with Crippen molar-refractivity contribution in [2.45, 2.75) is 58.7 Å². The molecule has 0 N–H and O–H groups in total. The van der Waals surface area contributed by atoms with E-state index in [9.17, 15) is 14.4 Å². The minimum Gasteiger partial charge on any atom is -0.493 e. The Bertz CT molecular complexity index is 2190. The Labute approximate surface area is 316 Å². The Morgan fingerprint density at radius 1 is 0.981 bits per heavy atom. The van der Waals surface area contributed by atoms with Crippen molar-refractivity contribution in [1.29, 1.82) is 0 Å². The number of benzene rings is 1. The third-order valence-corrected chi connectivity index (χ3v) is 9.71. The number of ether oxygens (including phenoxy) is 3. The van der Waals surface area contributed by atoms with Crippen molar-refractivity contribution in [1.82, 2.24) is 34.4 Å². The summed E-state index contributed by atoms with van der Waals surface area (Å²) in [5.41, 5.74) is 3.86. The maximum Gasteiger partial charge on any atom is 0.410 e. The number of likely N-dealkylation sites (tertiary alicyclic amines) is 1. The largest absolute Gasteiger partial charge is 0.493 e. The van der Waals surface area contributed by atoms with E-state index in [4.69, 9.17) is 42.4 Å². The molecule has 1 aromatic carbocycles. The molecule has 0 atom stereocenters. The molecule has 0 spiro atoms. The third-order valence-electron chi connectivity index (χ3n) is 8.92. The van der Waals surface area contributed by atoms with Crippen LogP contribution in [0.5, 0.6) is 11.6 Å². The first-order chi connectivity index (χ1) is 25.3. The fourth-order valence-corrected chi connectivity index (χ4v) is 7.00. The van der Waals surface area contributed by atoms with E-state index in [1.807, 2.05) is 51.1 Å². The van der Waals surface area contributed by atoms with Gasteiger partial charge in [-0.2, -0.15) is 0 Å². The predicted octanol–water partition coefficient (Wildman–Crippen LogP) is 7.40. The van der Waals surface area contributed by atoms with Gasteiger partial charge in [0, 0.05) is 66.3 Å². The van der Waals surface area contributed by atoms with E-state index < -0.39 is 11.7 Å². The summed E-state index contributed by atoms with van der Waals surface area (Å²) in [6.45, 7) is 8.35. The zero-order chi connectivity index (χ0) is 38.0. The summed E-state index contributed by atoms with van der Waals surface area (Å²) in [5, 5.41) is 4.93. The van der Waals surface area contributed by atoms with Gasteiger partial charge in [0.25, 0.3) is 0 Å². The van der Waals surface area contributed by atoms with Crippen LogP contribution in [0.25, 0.3) is 39.3 Å². The second-order valence-electron chi connectivity index (χ2n) is 13.6. The first kappa shape index (κ1) is 37.5. The molecule has 1 saturated heterocycles.